The summed E-state index contributed by atoms with van der Waals surface area (Å²) in [5.74, 6) is 2.44. The molecule has 0 atom stereocenters. The Balaban J connectivity index is 1.36. The highest BCUT2D eigenvalue weighted by Crippen LogP contribution is 2.23. The van der Waals surface area contributed by atoms with Crippen molar-refractivity contribution >= 4 is 15.7 Å². The average Bonchev–Trinajstić information content (AvgIpc) is 3.30. The molecule has 2 aromatic heterocycles. The van der Waals surface area contributed by atoms with Gasteiger partial charge in [-0.25, -0.2) is 18.1 Å². The van der Waals surface area contributed by atoms with Crippen LogP contribution in [-0.2, 0) is 10.0 Å². The first-order valence-corrected chi connectivity index (χ1v) is 11.4. The van der Waals surface area contributed by atoms with E-state index in [2.05, 4.69) is 19.8 Å². The van der Waals surface area contributed by atoms with E-state index in [9.17, 15) is 8.42 Å². The minimum atomic E-state index is -3.56. The molecular formula is C22H21N5O4S. The Hall–Kier alpha value is -3.92. The largest absolute Gasteiger partial charge is 0.492 e. The third kappa shape index (κ3) is 5.82. The van der Waals surface area contributed by atoms with Crippen LogP contribution in [0, 0.1) is 6.92 Å². The second-order valence-electron chi connectivity index (χ2n) is 6.77. The van der Waals surface area contributed by atoms with Crippen molar-refractivity contribution in [2.75, 3.05) is 17.1 Å². The molecule has 4 rings (SSSR count). The van der Waals surface area contributed by atoms with Gasteiger partial charge in [0, 0.05) is 24.1 Å². The summed E-state index contributed by atoms with van der Waals surface area (Å²) in [6.45, 7) is 1.81. The number of hydrogen-bond donors (Lipinski definition) is 1. The predicted molar refractivity (Wildman–Crippen MR) is 120 cm³/mol. The third-order valence-corrected chi connectivity index (χ3v) is 5.50. The number of aromatic nitrogens is 4. The Labute approximate surface area is 185 Å². The van der Waals surface area contributed by atoms with Gasteiger partial charge < -0.3 is 9.47 Å². The summed E-state index contributed by atoms with van der Waals surface area (Å²) in [5, 5.41) is 4.16. The maximum absolute atomic E-state index is 12.3. The van der Waals surface area contributed by atoms with Crippen molar-refractivity contribution < 1.29 is 17.9 Å². The van der Waals surface area contributed by atoms with Crippen molar-refractivity contribution in [3.63, 3.8) is 0 Å². The molecule has 0 spiro atoms. The maximum Gasteiger partial charge on any atom is 0.236 e. The summed E-state index contributed by atoms with van der Waals surface area (Å²) in [7, 11) is -3.56. The van der Waals surface area contributed by atoms with Gasteiger partial charge in [-0.2, -0.15) is 10.1 Å². The van der Waals surface area contributed by atoms with E-state index >= 15 is 0 Å². The molecule has 0 saturated carbocycles. The van der Waals surface area contributed by atoms with Crippen LogP contribution in [-0.4, -0.2) is 40.5 Å². The van der Waals surface area contributed by atoms with Gasteiger partial charge in [0.1, 0.15) is 29.7 Å². The van der Waals surface area contributed by atoms with Crippen LogP contribution in [0.4, 0.5) is 5.69 Å². The van der Waals surface area contributed by atoms with Gasteiger partial charge in [-0.3, -0.25) is 4.72 Å². The predicted octanol–water partition coefficient (Wildman–Crippen LogP) is 3.58. The van der Waals surface area contributed by atoms with Crippen molar-refractivity contribution in [2.45, 2.75) is 6.92 Å². The zero-order valence-corrected chi connectivity index (χ0v) is 18.1. The molecule has 2 heterocycles. The number of para-hydroxylation sites is 1. The molecule has 0 radical (unpaired) electrons. The van der Waals surface area contributed by atoms with Gasteiger partial charge in [-0.15, -0.1) is 0 Å². The van der Waals surface area contributed by atoms with Crippen LogP contribution in [0.3, 0.4) is 0 Å². The fraction of sp³-hybridized carbons (Fsp3) is 0.136. The number of nitrogens with zero attached hydrogens (tertiary/aromatic N) is 4. The highest BCUT2D eigenvalue weighted by atomic mass is 32.2. The normalized spacial score (nSPS) is 11.2. The molecule has 9 nitrogen and oxygen atoms in total. The van der Waals surface area contributed by atoms with Crippen molar-refractivity contribution in [2.24, 2.45) is 0 Å². The summed E-state index contributed by atoms with van der Waals surface area (Å²) >= 11 is 0. The van der Waals surface area contributed by atoms with Crippen LogP contribution in [0.1, 0.15) is 5.82 Å². The molecule has 0 saturated heterocycles. The SMILES string of the molecule is Cc1nc(Oc2ccc(NS(=O)(=O)CCOc3ccccc3)cc2)cc(-n2cccn2)n1. The first kappa shape index (κ1) is 21.3. The Morgan fingerprint density at radius 1 is 0.969 bits per heavy atom. The molecule has 4 aromatic rings. The fourth-order valence-electron chi connectivity index (χ4n) is 2.83. The van der Waals surface area contributed by atoms with E-state index in [1.165, 1.54) is 0 Å². The van der Waals surface area contributed by atoms with E-state index in [4.69, 9.17) is 9.47 Å². The Bertz CT molecular complexity index is 1260. The van der Waals surface area contributed by atoms with Gasteiger partial charge in [-0.05, 0) is 49.4 Å². The number of sulfonamides is 1. The molecule has 1 N–H and O–H groups in total. The maximum atomic E-state index is 12.3. The third-order valence-electron chi connectivity index (χ3n) is 4.25. The number of nitrogens with one attached hydrogen (secondary N) is 1. The molecule has 0 bridgehead atoms. The van der Waals surface area contributed by atoms with Crippen LogP contribution >= 0.6 is 0 Å². The van der Waals surface area contributed by atoms with Gasteiger partial charge in [0.05, 0.1) is 0 Å². The van der Waals surface area contributed by atoms with Gasteiger partial charge in [-0.1, -0.05) is 18.2 Å². The van der Waals surface area contributed by atoms with Gasteiger partial charge in [0.15, 0.2) is 5.82 Å². The monoisotopic (exact) mass is 451 g/mol. The lowest BCUT2D eigenvalue weighted by atomic mass is 10.3. The summed E-state index contributed by atoms with van der Waals surface area (Å²) in [6, 6.07) is 19.1. The molecule has 0 aliphatic rings. The molecular weight excluding hydrogens is 430 g/mol. The van der Waals surface area contributed by atoms with Gasteiger partial charge in [0.25, 0.3) is 0 Å². The number of benzene rings is 2. The van der Waals surface area contributed by atoms with Crippen LogP contribution < -0.4 is 14.2 Å². The van der Waals surface area contributed by atoms with E-state index in [-0.39, 0.29) is 12.4 Å². The van der Waals surface area contributed by atoms with E-state index in [0.29, 0.717) is 34.7 Å². The van der Waals surface area contributed by atoms with Crippen molar-refractivity contribution in [3.8, 4) is 23.2 Å². The number of rotatable bonds is 9. The first-order chi connectivity index (χ1) is 15.5. The van der Waals surface area contributed by atoms with E-state index < -0.39 is 10.0 Å². The Morgan fingerprint density at radius 3 is 2.47 bits per heavy atom. The molecule has 10 heteroatoms. The Morgan fingerprint density at radius 2 is 1.75 bits per heavy atom. The lowest BCUT2D eigenvalue weighted by molar-refractivity contribution is 0.341. The zero-order valence-electron chi connectivity index (χ0n) is 17.2. The van der Waals surface area contributed by atoms with E-state index in [0.717, 1.165) is 0 Å². The number of aryl methyl sites for hydroxylation is 1. The van der Waals surface area contributed by atoms with Gasteiger partial charge >= 0.3 is 0 Å². The summed E-state index contributed by atoms with van der Waals surface area (Å²) in [4.78, 5) is 8.62. The second kappa shape index (κ2) is 9.48. The van der Waals surface area contributed by atoms with Crippen molar-refractivity contribution in [3.05, 3.63) is 84.9 Å². The highest BCUT2D eigenvalue weighted by Gasteiger charge is 2.12. The average molecular weight is 452 g/mol. The molecule has 164 valence electrons. The number of hydrogen-bond acceptors (Lipinski definition) is 7. The van der Waals surface area contributed by atoms with E-state index in [1.807, 2.05) is 18.2 Å². The zero-order chi connectivity index (χ0) is 22.4. The van der Waals surface area contributed by atoms with Crippen LogP contribution in [0.25, 0.3) is 5.82 Å². The fourth-order valence-corrected chi connectivity index (χ4v) is 3.73. The Kier molecular flexibility index (Phi) is 6.31. The lowest BCUT2D eigenvalue weighted by Gasteiger charge is -2.11. The summed E-state index contributed by atoms with van der Waals surface area (Å²) in [6.07, 6.45) is 3.43. The van der Waals surface area contributed by atoms with Crippen molar-refractivity contribution in [1.82, 2.24) is 19.7 Å². The van der Waals surface area contributed by atoms with Crippen LogP contribution in [0.5, 0.6) is 17.4 Å². The minimum absolute atomic E-state index is 0.0478. The number of anilines is 1. The van der Waals surface area contributed by atoms with E-state index in [1.54, 1.807) is 72.5 Å². The quantitative estimate of drug-likeness (QED) is 0.414. The first-order valence-electron chi connectivity index (χ1n) is 9.79. The summed E-state index contributed by atoms with van der Waals surface area (Å²) in [5.41, 5.74) is 0.424. The minimum Gasteiger partial charge on any atom is -0.492 e. The number of ether oxygens (including phenoxy) is 2. The molecule has 32 heavy (non-hydrogen) atoms. The second-order valence-corrected chi connectivity index (χ2v) is 8.61. The molecule has 0 aliphatic heterocycles. The standard InChI is InChI=1S/C22H21N5O4S/c1-17-24-21(27-13-5-12-23-27)16-22(25-17)31-20-10-8-18(9-11-20)26-32(28,29)15-14-30-19-6-3-2-4-7-19/h2-13,16,26H,14-15H2,1H3. The lowest BCUT2D eigenvalue weighted by Crippen LogP contribution is -2.21. The molecule has 0 fully saturated rings. The topological polar surface area (TPSA) is 108 Å². The van der Waals surface area contributed by atoms with Gasteiger partial charge in [0.2, 0.25) is 15.9 Å². The van der Waals surface area contributed by atoms with Crippen LogP contribution in [0.15, 0.2) is 79.1 Å². The summed E-state index contributed by atoms with van der Waals surface area (Å²) < 4.78 is 40.0. The smallest absolute Gasteiger partial charge is 0.236 e. The molecule has 0 unspecified atom stereocenters. The molecule has 2 aromatic carbocycles. The highest BCUT2D eigenvalue weighted by molar-refractivity contribution is 7.92. The van der Waals surface area contributed by atoms with Crippen LogP contribution in [0.2, 0.25) is 0 Å². The molecule has 0 amide bonds. The van der Waals surface area contributed by atoms with Crippen molar-refractivity contribution in [1.29, 1.82) is 0 Å². The molecule has 0 aliphatic carbocycles.